The summed E-state index contributed by atoms with van der Waals surface area (Å²) < 4.78 is 7.78. The van der Waals surface area contributed by atoms with Crippen molar-refractivity contribution in [2.45, 2.75) is 6.54 Å². The third kappa shape index (κ3) is 2.71. The summed E-state index contributed by atoms with van der Waals surface area (Å²) in [6.07, 6.45) is 3.18. The van der Waals surface area contributed by atoms with E-state index >= 15 is 0 Å². The number of hydrogen-bond donors (Lipinski definition) is 0. The van der Waals surface area contributed by atoms with Crippen molar-refractivity contribution in [3.63, 3.8) is 0 Å². The van der Waals surface area contributed by atoms with Crippen molar-refractivity contribution in [3.05, 3.63) is 51.7 Å². The van der Waals surface area contributed by atoms with E-state index in [1.165, 1.54) is 22.3 Å². The molecule has 19 heavy (non-hydrogen) atoms. The lowest BCUT2D eigenvalue weighted by atomic mass is 10.1. The van der Waals surface area contributed by atoms with Gasteiger partial charge in [-0.25, -0.2) is 4.79 Å². The van der Waals surface area contributed by atoms with E-state index in [-0.39, 0.29) is 18.0 Å². The zero-order valence-corrected chi connectivity index (χ0v) is 11.3. The minimum absolute atomic E-state index is 0.0116. The minimum Gasteiger partial charge on any atom is -0.495 e. The Morgan fingerprint density at radius 3 is 2.63 bits per heavy atom. The van der Waals surface area contributed by atoms with Crippen molar-refractivity contribution in [1.29, 1.82) is 0 Å². The highest BCUT2D eigenvalue weighted by Gasteiger charge is 2.11. The lowest BCUT2D eigenvalue weighted by Gasteiger charge is -2.05. The van der Waals surface area contributed by atoms with Crippen molar-refractivity contribution < 1.29 is 9.53 Å². The van der Waals surface area contributed by atoms with Crippen LogP contribution in [0.15, 0.2) is 35.4 Å². The molecule has 6 heteroatoms. The molecule has 2 aromatic rings. The summed E-state index contributed by atoms with van der Waals surface area (Å²) >= 11 is 5.96. The first-order chi connectivity index (χ1) is 9.02. The van der Waals surface area contributed by atoms with Crippen LogP contribution in [0.25, 0.3) is 0 Å². The van der Waals surface area contributed by atoms with Gasteiger partial charge in [-0.3, -0.25) is 9.36 Å². The van der Waals surface area contributed by atoms with Gasteiger partial charge in [-0.05, 0) is 18.2 Å². The second kappa shape index (κ2) is 5.32. The van der Waals surface area contributed by atoms with Gasteiger partial charge in [0.1, 0.15) is 5.75 Å². The number of Topliss-reactive ketones (excluding diaryl/α,β-unsaturated/α-hetero) is 1. The van der Waals surface area contributed by atoms with Crippen LogP contribution in [0.3, 0.4) is 0 Å². The van der Waals surface area contributed by atoms with E-state index in [2.05, 4.69) is 0 Å². The Kier molecular flexibility index (Phi) is 3.76. The number of benzene rings is 1. The summed E-state index contributed by atoms with van der Waals surface area (Å²) in [5.41, 5.74) is 0.217. The smallest absolute Gasteiger partial charge is 0.328 e. The van der Waals surface area contributed by atoms with Crippen LogP contribution in [0.4, 0.5) is 0 Å². The van der Waals surface area contributed by atoms with Gasteiger partial charge in [-0.15, -0.1) is 0 Å². The van der Waals surface area contributed by atoms with E-state index < -0.39 is 0 Å². The van der Waals surface area contributed by atoms with Gasteiger partial charge in [0.05, 0.1) is 18.7 Å². The van der Waals surface area contributed by atoms with Crippen molar-refractivity contribution in [1.82, 2.24) is 9.13 Å². The molecule has 0 aliphatic heterocycles. The minimum atomic E-state index is -0.229. The Morgan fingerprint density at radius 2 is 2.11 bits per heavy atom. The van der Waals surface area contributed by atoms with Crippen LogP contribution in [-0.2, 0) is 13.6 Å². The molecule has 0 saturated carbocycles. The first-order valence-electron chi connectivity index (χ1n) is 5.61. The maximum absolute atomic E-state index is 12.1. The Bertz CT molecular complexity index is 673. The molecule has 0 fully saturated rings. The molecule has 0 bridgehead atoms. The predicted molar refractivity (Wildman–Crippen MR) is 72.0 cm³/mol. The fraction of sp³-hybridized carbons (Fsp3) is 0.231. The normalized spacial score (nSPS) is 10.5. The number of methoxy groups -OCH3 is 1. The Balaban J connectivity index is 2.23. The van der Waals surface area contributed by atoms with Gasteiger partial charge in [0.2, 0.25) is 0 Å². The molecular formula is C13H13ClN2O3. The zero-order valence-electron chi connectivity index (χ0n) is 10.6. The lowest BCUT2D eigenvalue weighted by molar-refractivity contribution is 0.0970. The molecule has 0 N–H and O–H groups in total. The molecule has 0 unspecified atom stereocenters. The standard InChI is InChI=1S/C13H13ClN2O3/c1-15-5-6-16(13(15)18)8-11(17)9-3-4-12(19-2)10(14)7-9/h3-7H,8H2,1-2H3. The Labute approximate surface area is 115 Å². The highest BCUT2D eigenvalue weighted by Crippen LogP contribution is 2.25. The topological polar surface area (TPSA) is 53.2 Å². The van der Waals surface area contributed by atoms with Crippen molar-refractivity contribution in [2.75, 3.05) is 7.11 Å². The van der Waals surface area contributed by atoms with Gasteiger partial charge in [0.15, 0.2) is 5.78 Å². The molecule has 100 valence electrons. The van der Waals surface area contributed by atoms with Gasteiger partial charge in [0.25, 0.3) is 0 Å². The van der Waals surface area contributed by atoms with E-state index in [4.69, 9.17) is 16.3 Å². The highest BCUT2D eigenvalue weighted by molar-refractivity contribution is 6.32. The molecule has 0 spiro atoms. The molecule has 1 heterocycles. The number of ketones is 1. The summed E-state index contributed by atoms with van der Waals surface area (Å²) in [5, 5.41) is 0.369. The fourth-order valence-electron chi connectivity index (χ4n) is 1.72. The van der Waals surface area contributed by atoms with Crippen LogP contribution in [0.2, 0.25) is 5.02 Å². The van der Waals surface area contributed by atoms with Crippen molar-refractivity contribution >= 4 is 17.4 Å². The van der Waals surface area contributed by atoms with E-state index in [1.807, 2.05) is 0 Å². The predicted octanol–water partition coefficient (Wildman–Crippen LogP) is 1.73. The highest BCUT2D eigenvalue weighted by atomic mass is 35.5. The Hall–Kier alpha value is -2.01. The number of carbonyl (C=O) groups excluding carboxylic acids is 1. The van der Waals surface area contributed by atoms with Crippen molar-refractivity contribution in [3.8, 4) is 5.75 Å². The quantitative estimate of drug-likeness (QED) is 0.802. The maximum Gasteiger partial charge on any atom is 0.328 e. The van der Waals surface area contributed by atoms with Crippen LogP contribution in [0.5, 0.6) is 5.75 Å². The zero-order chi connectivity index (χ0) is 14.0. The summed E-state index contributed by atoms with van der Waals surface area (Å²) in [4.78, 5) is 23.7. The summed E-state index contributed by atoms with van der Waals surface area (Å²) in [6.45, 7) is -0.0116. The molecule has 0 radical (unpaired) electrons. The second-order valence-electron chi connectivity index (χ2n) is 4.09. The number of aromatic nitrogens is 2. The summed E-state index contributed by atoms with van der Waals surface area (Å²) in [5.74, 6) is 0.327. The van der Waals surface area contributed by atoms with E-state index in [9.17, 15) is 9.59 Å². The summed E-state index contributed by atoms with van der Waals surface area (Å²) in [6, 6.07) is 4.79. The number of aryl methyl sites for hydroxylation is 1. The van der Waals surface area contributed by atoms with Crippen LogP contribution < -0.4 is 10.4 Å². The number of halogens is 1. The molecule has 0 aliphatic carbocycles. The van der Waals surface area contributed by atoms with Gasteiger partial charge in [-0.1, -0.05) is 11.6 Å². The number of rotatable bonds is 4. The third-order valence-electron chi connectivity index (χ3n) is 2.81. The van der Waals surface area contributed by atoms with E-state index in [0.717, 1.165) is 0 Å². The van der Waals surface area contributed by atoms with E-state index in [0.29, 0.717) is 16.3 Å². The number of hydrogen-bond acceptors (Lipinski definition) is 3. The monoisotopic (exact) mass is 280 g/mol. The molecule has 0 atom stereocenters. The average Bonchev–Trinajstić information content (AvgIpc) is 2.70. The van der Waals surface area contributed by atoms with Crippen LogP contribution in [0.1, 0.15) is 10.4 Å². The number of ether oxygens (including phenoxy) is 1. The number of carbonyl (C=O) groups is 1. The number of imidazole rings is 1. The molecule has 0 saturated heterocycles. The van der Waals surface area contributed by atoms with Gasteiger partial charge < -0.3 is 9.30 Å². The fourth-order valence-corrected chi connectivity index (χ4v) is 1.97. The molecule has 0 aliphatic rings. The van der Waals surface area contributed by atoms with Crippen LogP contribution >= 0.6 is 11.6 Å². The Morgan fingerprint density at radius 1 is 1.37 bits per heavy atom. The van der Waals surface area contributed by atoms with Crippen LogP contribution in [0, 0.1) is 0 Å². The van der Waals surface area contributed by atoms with Gasteiger partial charge >= 0.3 is 5.69 Å². The SMILES string of the molecule is COc1ccc(C(=O)Cn2ccn(C)c2=O)cc1Cl. The third-order valence-corrected chi connectivity index (χ3v) is 3.10. The maximum atomic E-state index is 12.1. The molecule has 1 aromatic heterocycles. The van der Waals surface area contributed by atoms with Gasteiger partial charge in [-0.2, -0.15) is 0 Å². The average molecular weight is 281 g/mol. The molecule has 1 aromatic carbocycles. The largest absolute Gasteiger partial charge is 0.495 e. The molecule has 5 nitrogen and oxygen atoms in total. The molecule has 2 rings (SSSR count). The number of nitrogens with zero attached hydrogens (tertiary/aromatic N) is 2. The van der Waals surface area contributed by atoms with Crippen LogP contribution in [-0.4, -0.2) is 22.0 Å². The summed E-state index contributed by atoms with van der Waals surface area (Å²) in [7, 11) is 3.14. The molecule has 0 amide bonds. The lowest BCUT2D eigenvalue weighted by Crippen LogP contribution is -2.25. The van der Waals surface area contributed by atoms with Gasteiger partial charge in [0, 0.05) is 25.0 Å². The first kappa shape index (κ1) is 13.4. The second-order valence-corrected chi connectivity index (χ2v) is 4.50. The van der Waals surface area contributed by atoms with Crippen molar-refractivity contribution in [2.24, 2.45) is 7.05 Å². The van der Waals surface area contributed by atoms with E-state index in [1.54, 1.807) is 31.6 Å². The first-order valence-corrected chi connectivity index (χ1v) is 5.99. The molecular weight excluding hydrogens is 268 g/mol.